The number of carbonyl (C=O) groups is 2. The molecule has 0 bridgehead atoms. The molecule has 104 valence electrons. The number of likely N-dealkylation sites (tertiary alicyclic amines) is 1. The highest BCUT2D eigenvalue weighted by atomic mass is 16.2. The number of piperidine rings is 1. The molecule has 1 saturated heterocycles. The molecule has 20 heavy (non-hydrogen) atoms. The third kappa shape index (κ3) is 1.45. The number of fused-ring (bicyclic) bond motifs is 2. The molecule has 1 N–H and O–H groups in total. The Labute approximate surface area is 118 Å². The molecule has 3 aliphatic rings. The standard InChI is InChI=1S/C16H18N2O2/c1-16(2)12-13(16)15(20)18(14(12)19)8-9-3-4-10-6-17-7-11(10)5-9/h3-5,12-13,17H,6-8H2,1-2H3. The molecular formula is C16H18N2O2. The lowest BCUT2D eigenvalue weighted by Gasteiger charge is -2.20. The maximum absolute atomic E-state index is 12.3. The minimum Gasteiger partial charge on any atom is -0.309 e. The molecule has 2 unspecified atom stereocenters. The molecule has 0 spiro atoms. The fourth-order valence-corrected chi connectivity index (χ4v) is 3.79. The Balaban J connectivity index is 1.56. The average molecular weight is 270 g/mol. The molecular weight excluding hydrogens is 252 g/mol. The number of hydrogen-bond acceptors (Lipinski definition) is 3. The van der Waals surface area contributed by atoms with Crippen LogP contribution in [0.4, 0.5) is 0 Å². The lowest BCUT2D eigenvalue weighted by Crippen LogP contribution is -2.35. The summed E-state index contributed by atoms with van der Waals surface area (Å²) in [5.74, 6) is -0.121. The first-order valence-corrected chi connectivity index (χ1v) is 7.17. The van der Waals surface area contributed by atoms with E-state index in [0.29, 0.717) is 6.54 Å². The number of amides is 2. The highest BCUT2D eigenvalue weighted by molar-refractivity contribution is 6.10. The Morgan fingerprint density at radius 1 is 1.15 bits per heavy atom. The molecule has 1 aromatic carbocycles. The van der Waals surface area contributed by atoms with Gasteiger partial charge in [0.1, 0.15) is 0 Å². The molecule has 0 aromatic heterocycles. The minimum absolute atomic E-state index is 0.0172. The van der Waals surface area contributed by atoms with Crippen molar-refractivity contribution in [2.45, 2.75) is 33.5 Å². The van der Waals surface area contributed by atoms with Gasteiger partial charge in [-0.15, -0.1) is 0 Å². The maximum Gasteiger partial charge on any atom is 0.233 e. The predicted octanol–water partition coefficient (Wildman–Crippen LogP) is 1.43. The first-order chi connectivity index (χ1) is 9.50. The quantitative estimate of drug-likeness (QED) is 0.827. The van der Waals surface area contributed by atoms with Crippen LogP contribution < -0.4 is 5.32 Å². The predicted molar refractivity (Wildman–Crippen MR) is 73.3 cm³/mol. The van der Waals surface area contributed by atoms with Crippen molar-refractivity contribution in [3.05, 3.63) is 34.9 Å². The van der Waals surface area contributed by atoms with Crippen molar-refractivity contribution >= 4 is 11.8 Å². The summed E-state index contributed by atoms with van der Waals surface area (Å²) < 4.78 is 0. The third-order valence-corrected chi connectivity index (χ3v) is 5.13. The first-order valence-electron chi connectivity index (χ1n) is 7.17. The number of carbonyl (C=O) groups excluding carboxylic acids is 2. The van der Waals surface area contributed by atoms with E-state index in [4.69, 9.17) is 0 Å². The van der Waals surface area contributed by atoms with Crippen LogP contribution in [0.25, 0.3) is 0 Å². The van der Waals surface area contributed by atoms with Crippen molar-refractivity contribution in [2.75, 3.05) is 0 Å². The topological polar surface area (TPSA) is 49.4 Å². The lowest BCUT2D eigenvalue weighted by molar-refractivity contribution is -0.143. The Bertz CT molecular complexity index is 611. The molecule has 4 rings (SSSR count). The molecule has 1 aromatic rings. The zero-order valence-corrected chi connectivity index (χ0v) is 11.8. The van der Waals surface area contributed by atoms with Crippen LogP contribution in [0.2, 0.25) is 0 Å². The zero-order chi connectivity index (χ0) is 14.1. The van der Waals surface area contributed by atoms with Gasteiger partial charge >= 0.3 is 0 Å². The van der Waals surface area contributed by atoms with Crippen LogP contribution in [-0.2, 0) is 29.2 Å². The Morgan fingerprint density at radius 2 is 1.80 bits per heavy atom. The van der Waals surface area contributed by atoms with E-state index in [0.717, 1.165) is 18.7 Å². The zero-order valence-electron chi connectivity index (χ0n) is 11.8. The highest BCUT2D eigenvalue weighted by Gasteiger charge is 2.72. The van der Waals surface area contributed by atoms with Gasteiger partial charge in [-0.05, 0) is 22.1 Å². The molecule has 2 fully saturated rings. The van der Waals surface area contributed by atoms with Crippen molar-refractivity contribution in [1.82, 2.24) is 10.2 Å². The van der Waals surface area contributed by atoms with E-state index in [1.54, 1.807) is 0 Å². The van der Waals surface area contributed by atoms with Crippen LogP contribution in [0, 0.1) is 17.3 Å². The Morgan fingerprint density at radius 3 is 2.50 bits per heavy atom. The molecule has 4 heteroatoms. The van der Waals surface area contributed by atoms with Gasteiger partial charge in [0.2, 0.25) is 11.8 Å². The van der Waals surface area contributed by atoms with Gasteiger partial charge < -0.3 is 5.32 Å². The van der Waals surface area contributed by atoms with Gasteiger partial charge in [-0.1, -0.05) is 32.0 Å². The van der Waals surface area contributed by atoms with E-state index in [2.05, 4.69) is 17.4 Å². The largest absolute Gasteiger partial charge is 0.309 e. The minimum atomic E-state index is -0.119. The van der Waals surface area contributed by atoms with Crippen LogP contribution in [0.3, 0.4) is 0 Å². The van der Waals surface area contributed by atoms with E-state index in [1.165, 1.54) is 16.0 Å². The van der Waals surface area contributed by atoms with Crippen LogP contribution in [-0.4, -0.2) is 16.7 Å². The molecule has 2 atom stereocenters. The number of imide groups is 1. The smallest absolute Gasteiger partial charge is 0.233 e. The van der Waals surface area contributed by atoms with Gasteiger partial charge in [-0.3, -0.25) is 14.5 Å². The van der Waals surface area contributed by atoms with Crippen LogP contribution in [0.15, 0.2) is 18.2 Å². The monoisotopic (exact) mass is 270 g/mol. The number of hydrogen-bond donors (Lipinski definition) is 1. The molecule has 4 nitrogen and oxygen atoms in total. The lowest BCUT2D eigenvalue weighted by atomic mass is 10.0. The summed E-state index contributed by atoms with van der Waals surface area (Å²) in [5.41, 5.74) is 3.53. The second-order valence-electron chi connectivity index (χ2n) is 6.75. The van der Waals surface area contributed by atoms with Gasteiger partial charge in [0.25, 0.3) is 0 Å². The van der Waals surface area contributed by atoms with Crippen molar-refractivity contribution in [3.8, 4) is 0 Å². The molecule has 1 saturated carbocycles. The van der Waals surface area contributed by atoms with E-state index < -0.39 is 0 Å². The normalized spacial score (nSPS) is 29.6. The van der Waals surface area contributed by atoms with Gasteiger partial charge in [0, 0.05) is 13.1 Å². The Kier molecular flexibility index (Phi) is 2.24. The second-order valence-corrected chi connectivity index (χ2v) is 6.75. The number of rotatable bonds is 2. The molecule has 2 aliphatic heterocycles. The van der Waals surface area contributed by atoms with E-state index in [-0.39, 0.29) is 29.1 Å². The van der Waals surface area contributed by atoms with Gasteiger partial charge in [-0.2, -0.15) is 0 Å². The summed E-state index contributed by atoms with van der Waals surface area (Å²) in [6.07, 6.45) is 0. The molecule has 2 amide bonds. The van der Waals surface area contributed by atoms with E-state index in [1.807, 2.05) is 19.9 Å². The number of nitrogens with one attached hydrogen (secondary N) is 1. The van der Waals surface area contributed by atoms with E-state index >= 15 is 0 Å². The molecule has 0 radical (unpaired) electrons. The Hall–Kier alpha value is -1.68. The van der Waals surface area contributed by atoms with Gasteiger partial charge in [-0.25, -0.2) is 0 Å². The van der Waals surface area contributed by atoms with Crippen LogP contribution >= 0.6 is 0 Å². The average Bonchev–Trinajstić information content (AvgIpc) is 2.74. The summed E-state index contributed by atoms with van der Waals surface area (Å²) in [6, 6.07) is 6.24. The fourth-order valence-electron chi connectivity index (χ4n) is 3.79. The number of nitrogens with zero attached hydrogens (tertiary/aromatic N) is 1. The van der Waals surface area contributed by atoms with Crippen LogP contribution in [0.1, 0.15) is 30.5 Å². The summed E-state index contributed by atoms with van der Waals surface area (Å²) in [7, 11) is 0. The fraction of sp³-hybridized carbons (Fsp3) is 0.500. The van der Waals surface area contributed by atoms with Crippen LogP contribution in [0.5, 0.6) is 0 Å². The molecule has 2 heterocycles. The SMILES string of the molecule is CC1(C)C2C(=O)N(Cc3ccc4c(c3)CNC4)C(=O)C21. The van der Waals surface area contributed by atoms with Crippen molar-refractivity contribution in [1.29, 1.82) is 0 Å². The summed E-state index contributed by atoms with van der Waals surface area (Å²) in [5, 5.41) is 3.30. The first kappa shape index (κ1) is 12.1. The summed E-state index contributed by atoms with van der Waals surface area (Å²) >= 11 is 0. The molecule has 1 aliphatic carbocycles. The summed E-state index contributed by atoms with van der Waals surface area (Å²) in [6.45, 7) is 6.24. The summed E-state index contributed by atoms with van der Waals surface area (Å²) in [4.78, 5) is 26.1. The highest BCUT2D eigenvalue weighted by Crippen LogP contribution is 2.63. The van der Waals surface area contributed by atoms with Crippen molar-refractivity contribution in [2.24, 2.45) is 17.3 Å². The second kappa shape index (κ2) is 3.70. The van der Waals surface area contributed by atoms with Crippen molar-refractivity contribution < 1.29 is 9.59 Å². The van der Waals surface area contributed by atoms with E-state index in [9.17, 15) is 9.59 Å². The van der Waals surface area contributed by atoms with Gasteiger partial charge in [0.15, 0.2) is 0 Å². The number of benzene rings is 1. The maximum atomic E-state index is 12.3. The third-order valence-electron chi connectivity index (χ3n) is 5.13. The van der Waals surface area contributed by atoms with Crippen molar-refractivity contribution in [3.63, 3.8) is 0 Å². The van der Waals surface area contributed by atoms with Gasteiger partial charge in [0.05, 0.1) is 18.4 Å².